The van der Waals surface area contributed by atoms with Crippen LogP contribution in [-0.2, 0) is 17.6 Å². The lowest BCUT2D eigenvalue weighted by Gasteiger charge is -2.25. The molecule has 1 unspecified atom stereocenters. The van der Waals surface area contributed by atoms with E-state index in [9.17, 15) is 9.90 Å². The highest BCUT2D eigenvalue weighted by Gasteiger charge is 2.31. The number of aliphatic hydroxyl groups is 1. The maximum absolute atomic E-state index is 13.5. The number of fused-ring (bicyclic) bond motifs is 1. The topological polar surface area (TPSA) is 68.1 Å². The molecular formula is C34H33NO4. The molecule has 5 nitrogen and oxygen atoms in total. The third kappa shape index (κ3) is 5.88. The van der Waals surface area contributed by atoms with Crippen molar-refractivity contribution >= 4 is 22.3 Å². The van der Waals surface area contributed by atoms with Crippen LogP contribution in [-0.4, -0.2) is 37.4 Å². The van der Waals surface area contributed by atoms with Crippen molar-refractivity contribution in [3.05, 3.63) is 119 Å². The molecule has 1 aliphatic carbocycles. The van der Waals surface area contributed by atoms with E-state index in [1.807, 2.05) is 66.7 Å². The number of benzene rings is 4. The van der Waals surface area contributed by atoms with E-state index < -0.39 is 0 Å². The highest BCUT2D eigenvalue weighted by Crippen LogP contribution is 2.35. The number of ether oxygens (including phenoxy) is 2. The third-order valence-electron chi connectivity index (χ3n) is 7.39. The van der Waals surface area contributed by atoms with Gasteiger partial charge in [-0.1, -0.05) is 78.9 Å². The Labute approximate surface area is 229 Å². The largest absolute Gasteiger partial charge is 0.511 e. The molecular weight excluding hydrogens is 486 g/mol. The first-order chi connectivity index (χ1) is 19.1. The van der Waals surface area contributed by atoms with E-state index in [0.717, 1.165) is 27.5 Å². The van der Waals surface area contributed by atoms with Crippen LogP contribution in [0.2, 0.25) is 0 Å². The molecule has 0 spiro atoms. The molecule has 0 amide bonds. The summed E-state index contributed by atoms with van der Waals surface area (Å²) in [6, 6.07) is 30.2. The molecule has 4 aromatic rings. The number of allylic oxidation sites excluding steroid dienone is 2. The number of nitrogens with zero attached hydrogens (tertiary/aromatic N) is 1. The maximum Gasteiger partial charge on any atom is 0.168 e. The van der Waals surface area contributed by atoms with E-state index in [1.54, 1.807) is 14.2 Å². The van der Waals surface area contributed by atoms with E-state index in [2.05, 4.69) is 24.3 Å². The van der Waals surface area contributed by atoms with Crippen LogP contribution >= 0.6 is 0 Å². The number of hydrogen-bond donors (Lipinski definition) is 1. The molecule has 1 atom stereocenters. The fourth-order valence-electron chi connectivity index (χ4n) is 5.39. The van der Waals surface area contributed by atoms with E-state index in [1.165, 1.54) is 0 Å². The molecule has 5 rings (SSSR count). The average Bonchev–Trinajstić information content (AvgIpc) is 2.97. The van der Waals surface area contributed by atoms with Crippen LogP contribution in [0.5, 0.6) is 11.5 Å². The number of methoxy groups -OCH3 is 2. The van der Waals surface area contributed by atoms with E-state index in [-0.39, 0.29) is 17.5 Å². The van der Waals surface area contributed by atoms with E-state index >= 15 is 0 Å². The zero-order valence-corrected chi connectivity index (χ0v) is 22.4. The Bertz CT molecular complexity index is 1530. The second kappa shape index (κ2) is 12.0. The predicted molar refractivity (Wildman–Crippen MR) is 156 cm³/mol. The molecule has 1 aliphatic rings. The Morgan fingerprint density at radius 2 is 1.62 bits per heavy atom. The van der Waals surface area contributed by atoms with Gasteiger partial charge in [0.15, 0.2) is 17.3 Å². The van der Waals surface area contributed by atoms with Gasteiger partial charge in [-0.05, 0) is 51.9 Å². The van der Waals surface area contributed by atoms with Gasteiger partial charge in [0.25, 0.3) is 0 Å². The molecule has 0 radical (unpaired) electrons. The Morgan fingerprint density at radius 1 is 0.872 bits per heavy atom. The van der Waals surface area contributed by atoms with Gasteiger partial charge in [-0.15, -0.1) is 0 Å². The summed E-state index contributed by atoms with van der Waals surface area (Å²) in [4.78, 5) is 18.5. The van der Waals surface area contributed by atoms with Gasteiger partial charge in [-0.25, -0.2) is 0 Å². The van der Waals surface area contributed by atoms with Gasteiger partial charge in [-0.3, -0.25) is 9.79 Å². The van der Waals surface area contributed by atoms with Crippen LogP contribution < -0.4 is 9.47 Å². The minimum Gasteiger partial charge on any atom is -0.511 e. The summed E-state index contributed by atoms with van der Waals surface area (Å²) in [5, 5.41) is 13.5. The summed E-state index contributed by atoms with van der Waals surface area (Å²) >= 11 is 0. The normalized spacial score (nSPS) is 16.0. The quantitative estimate of drug-likeness (QED) is 0.241. The third-order valence-corrected chi connectivity index (χ3v) is 7.39. The lowest BCUT2D eigenvalue weighted by atomic mass is 9.80. The number of carbonyl (C=O) groups excluding carboxylic acids is 1. The Hall–Kier alpha value is -4.38. The van der Waals surface area contributed by atoms with Gasteiger partial charge < -0.3 is 14.6 Å². The Balaban J connectivity index is 1.47. The lowest BCUT2D eigenvalue weighted by Crippen LogP contribution is -2.25. The van der Waals surface area contributed by atoms with Crippen molar-refractivity contribution in [1.82, 2.24) is 0 Å². The van der Waals surface area contributed by atoms with Gasteiger partial charge in [0, 0.05) is 25.8 Å². The van der Waals surface area contributed by atoms with Crippen molar-refractivity contribution < 1.29 is 19.4 Å². The number of aliphatic imine (C=N–C) groups is 1. The molecule has 0 saturated carbocycles. The first-order valence-electron chi connectivity index (χ1n) is 13.3. The molecule has 198 valence electrons. The number of aliphatic hydroxyl groups excluding tert-OH is 1. The standard InChI is InChI=1S/C34H33NO4/c1-38-32-16-15-23(19-33(32)39-2)17-18-35-29(20-26-13-8-12-25-11-6-7-14-28(25)26)34-30(36)21-27(22-31(34)37)24-9-4-3-5-10-24/h3-16,19,27,36H,17-18,20-22H2,1-2H3. The number of carbonyl (C=O) groups is 1. The predicted octanol–water partition coefficient (Wildman–Crippen LogP) is 7.04. The monoisotopic (exact) mass is 519 g/mol. The molecule has 5 heteroatoms. The van der Waals surface area contributed by atoms with Crippen LogP contribution in [0.15, 0.2) is 107 Å². The fraction of sp³-hybridized carbons (Fsp3) is 0.235. The Morgan fingerprint density at radius 3 is 2.38 bits per heavy atom. The van der Waals surface area contributed by atoms with Gasteiger partial charge >= 0.3 is 0 Å². The summed E-state index contributed by atoms with van der Waals surface area (Å²) in [6.07, 6.45) is 1.91. The molecule has 1 N–H and O–H groups in total. The number of ketones is 1. The highest BCUT2D eigenvalue weighted by atomic mass is 16.5. The summed E-state index contributed by atoms with van der Waals surface area (Å²) < 4.78 is 10.8. The molecule has 0 aromatic heterocycles. The van der Waals surface area contributed by atoms with Crippen LogP contribution in [0, 0.1) is 0 Å². The molecule has 0 aliphatic heterocycles. The van der Waals surface area contributed by atoms with Gasteiger partial charge in [0.1, 0.15) is 5.76 Å². The zero-order chi connectivity index (χ0) is 27.2. The van der Waals surface area contributed by atoms with Gasteiger partial charge in [-0.2, -0.15) is 0 Å². The van der Waals surface area contributed by atoms with Gasteiger partial charge in [0.2, 0.25) is 0 Å². The molecule has 4 aromatic carbocycles. The minimum absolute atomic E-state index is 0.0342. The highest BCUT2D eigenvalue weighted by molar-refractivity contribution is 6.24. The second-order valence-electron chi connectivity index (χ2n) is 9.84. The SMILES string of the molecule is COc1ccc(CCN=C(Cc2cccc3ccccc23)C2=C(O)CC(c3ccccc3)CC2=O)cc1OC. The van der Waals surface area contributed by atoms with Crippen molar-refractivity contribution in [3.8, 4) is 11.5 Å². The average molecular weight is 520 g/mol. The molecule has 0 saturated heterocycles. The van der Waals surface area contributed by atoms with Crippen LogP contribution in [0.4, 0.5) is 0 Å². The lowest BCUT2D eigenvalue weighted by molar-refractivity contribution is -0.116. The summed E-state index contributed by atoms with van der Waals surface area (Å²) in [5.74, 6) is 1.39. The first kappa shape index (κ1) is 26.2. The van der Waals surface area contributed by atoms with Crippen LogP contribution in [0.1, 0.15) is 35.4 Å². The van der Waals surface area contributed by atoms with E-state index in [0.29, 0.717) is 55.0 Å². The zero-order valence-electron chi connectivity index (χ0n) is 22.4. The smallest absolute Gasteiger partial charge is 0.168 e. The molecule has 0 heterocycles. The Kier molecular flexibility index (Phi) is 8.07. The molecule has 0 fully saturated rings. The van der Waals surface area contributed by atoms with Crippen molar-refractivity contribution in [2.45, 2.75) is 31.6 Å². The second-order valence-corrected chi connectivity index (χ2v) is 9.84. The van der Waals surface area contributed by atoms with Crippen molar-refractivity contribution in [2.24, 2.45) is 4.99 Å². The summed E-state index contributed by atoms with van der Waals surface area (Å²) in [5.41, 5.74) is 4.22. The fourth-order valence-corrected chi connectivity index (χ4v) is 5.39. The molecule has 0 bridgehead atoms. The van der Waals surface area contributed by atoms with Crippen molar-refractivity contribution in [3.63, 3.8) is 0 Å². The number of rotatable bonds is 9. The number of Topliss-reactive ketones (excluding diaryl/α,β-unsaturated/α-hetero) is 1. The first-order valence-corrected chi connectivity index (χ1v) is 13.3. The molecule has 39 heavy (non-hydrogen) atoms. The van der Waals surface area contributed by atoms with Crippen LogP contribution in [0.3, 0.4) is 0 Å². The summed E-state index contributed by atoms with van der Waals surface area (Å²) in [6.45, 7) is 0.474. The van der Waals surface area contributed by atoms with E-state index in [4.69, 9.17) is 14.5 Å². The maximum atomic E-state index is 13.5. The number of hydrogen-bond acceptors (Lipinski definition) is 5. The minimum atomic E-state index is -0.0577. The van der Waals surface area contributed by atoms with Crippen molar-refractivity contribution in [1.29, 1.82) is 0 Å². The van der Waals surface area contributed by atoms with Gasteiger partial charge in [0.05, 0.1) is 25.5 Å². The van der Waals surface area contributed by atoms with Crippen molar-refractivity contribution in [2.75, 3.05) is 20.8 Å². The van der Waals surface area contributed by atoms with Crippen LogP contribution in [0.25, 0.3) is 10.8 Å². The summed E-state index contributed by atoms with van der Waals surface area (Å²) in [7, 11) is 3.24.